The second kappa shape index (κ2) is 6.94. The van der Waals surface area contributed by atoms with E-state index in [0.717, 1.165) is 4.88 Å². The SMILES string of the molecule is C=CCN(CC(=O)O)C(=O)NCc1cc(C)c(C)s1. The average Bonchev–Trinajstić information content (AvgIpc) is 2.65. The van der Waals surface area contributed by atoms with Gasteiger partial charge in [0.15, 0.2) is 0 Å². The van der Waals surface area contributed by atoms with Crippen LogP contribution in [0, 0.1) is 13.8 Å². The Labute approximate surface area is 116 Å². The van der Waals surface area contributed by atoms with Crippen LogP contribution in [0.4, 0.5) is 4.79 Å². The summed E-state index contributed by atoms with van der Waals surface area (Å²) in [5.74, 6) is -1.04. The zero-order chi connectivity index (χ0) is 14.4. The maximum Gasteiger partial charge on any atom is 0.323 e. The Kier molecular flexibility index (Phi) is 5.57. The highest BCUT2D eigenvalue weighted by Gasteiger charge is 2.15. The molecule has 0 saturated heterocycles. The van der Waals surface area contributed by atoms with E-state index in [0.29, 0.717) is 6.54 Å². The molecule has 0 aliphatic heterocycles. The highest BCUT2D eigenvalue weighted by molar-refractivity contribution is 7.12. The van der Waals surface area contributed by atoms with Gasteiger partial charge in [0.25, 0.3) is 0 Å². The second-order valence-electron chi connectivity index (χ2n) is 4.17. The first-order valence-corrected chi connectivity index (χ1v) is 6.67. The lowest BCUT2D eigenvalue weighted by molar-refractivity contribution is -0.137. The van der Waals surface area contributed by atoms with Crippen LogP contribution in [0.2, 0.25) is 0 Å². The van der Waals surface area contributed by atoms with Gasteiger partial charge in [0.2, 0.25) is 0 Å². The van der Waals surface area contributed by atoms with Crippen LogP contribution in [0.15, 0.2) is 18.7 Å². The number of nitrogens with one attached hydrogen (secondary N) is 1. The molecule has 0 fully saturated rings. The predicted molar refractivity (Wildman–Crippen MR) is 75.4 cm³/mol. The van der Waals surface area contributed by atoms with E-state index in [1.807, 2.05) is 19.9 Å². The highest BCUT2D eigenvalue weighted by atomic mass is 32.1. The number of hydrogen-bond acceptors (Lipinski definition) is 3. The molecule has 0 unspecified atom stereocenters. The number of carbonyl (C=O) groups is 2. The fraction of sp³-hybridized carbons (Fsp3) is 0.385. The van der Waals surface area contributed by atoms with E-state index < -0.39 is 12.0 Å². The molecule has 0 aromatic carbocycles. The van der Waals surface area contributed by atoms with Gasteiger partial charge in [-0.2, -0.15) is 0 Å². The Morgan fingerprint density at radius 3 is 2.68 bits per heavy atom. The van der Waals surface area contributed by atoms with Crippen LogP contribution < -0.4 is 5.32 Å². The smallest absolute Gasteiger partial charge is 0.323 e. The van der Waals surface area contributed by atoms with Crippen molar-refractivity contribution in [2.75, 3.05) is 13.1 Å². The molecule has 0 aliphatic carbocycles. The van der Waals surface area contributed by atoms with Crippen LogP contribution in [0.3, 0.4) is 0 Å². The van der Waals surface area contributed by atoms with Crippen molar-refractivity contribution in [3.63, 3.8) is 0 Å². The van der Waals surface area contributed by atoms with Crippen LogP contribution in [0.25, 0.3) is 0 Å². The number of thiophene rings is 1. The van der Waals surface area contributed by atoms with Gasteiger partial charge in [-0.25, -0.2) is 4.79 Å². The molecule has 104 valence electrons. The minimum absolute atomic E-state index is 0.209. The van der Waals surface area contributed by atoms with Crippen molar-refractivity contribution >= 4 is 23.3 Å². The number of aryl methyl sites for hydroxylation is 2. The molecule has 2 N–H and O–H groups in total. The topological polar surface area (TPSA) is 69.6 Å². The standard InChI is InChI=1S/C13H18N2O3S/c1-4-5-15(8-12(16)17)13(18)14-7-11-6-9(2)10(3)19-11/h4,6H,1,5,7-8H2,2-3H3,(H,14,18)(H,16,17). The lowest BCUT2D eigenvalue weighted by Crippen LogP contribution is -2.42. The molecule has 0 bridgehead atoms. The zero-order valence-corrected chi connectivity index (χ0v) is 11.9. The third-order valence-electron chi connectivity index (χ3n) is 2.59. The van der Waals surface area contributed by atoms with Gasteiger partial charge in [0.05, 0.1) is 6.54 Å². The maximum atomic E-state index is 11.8. The molecule has 6 heteroatoms. The first-order chi connectivity index (χ1) is 8.93. The van der Waals surface area contributed by atoms with Crippen LogP contribution in [-0.2, 0) is 11.3 Å². The molecule has 0 saturated carbocycles. The van der Waals surface area contributed by atoms with Gasteiger partial charge < -0.3 is 15.3 Å². The second-order valence-corrected chi connectivity index (χ2v) is 5.51. The summed E-state index contributed by atoms with van der Waals surface area (Å²) < 4.78 is 0. The maximum absolute atomic E-state index is 11.8. The van der Waals surface area contributed by atoms with Gasteiger partial charge in [-0.05, 0) is 25.5 Å². The van der Waals surface area contributed by atoms with E-state index >= 15 is 0 Å². The van der Waals surface area contributed by atoms with Gasteiger partial charge in [0, 0.05) is 16.3 Å². The van der Waals surface area contributed by atoms with E-state index in [1.165, 1.54) is 21.4 Å². The normalized spacial score (nSPS) is 10.0. The van der Waals surface area contributed by atoms with Crippen LogP contribution in [0.1, 0.15) is 15.3 Å². The number of carboxylic acid groups (broad SMARTS) is 1. The molecule has 0 atom stereocenters. The van der Waals surface area contributed by atoms with Gasteiger partial charge in [0.1, 0.15) is 6.54 Å². The van der Waals surface area contributed by atoms with Gasteiger partial charge in [-0.1, -0.05) is 6.08 Å². The summed E-state index contributed by atoms with van der Waals surface area (Å²) in [5.41, 5.74) is 1.20. The fourth-order valence-electron chi connectivity index (χ4n) is 1.55. The monoisotopic (exact) mass is 282 g/mol. The highest BCUT2D eigenvalue weighted by Crippen LogP contribution is 2.20. The number of rotatable bonds is 6. The number of urea groups is 1. The van der Waals surface area contributed by atoms with Crippen molar-refractivity contribution < 1.29 is 14.7 Å². The summed E-state index contributed by atoms with van der Waals surface area (Å²) in [6.45, 7) is 7.84. The zero-order valence-electron chi connectivity index (χ0n) is 11.1. The van der Waals surface area contributed by atoms with Crippen LogP contribution >= 0.6 is 11.3 Å². The molecule has 5 nitrogen and oxygen atoms in total. The third kappa shape index (κ3) is 4.75. The quantitative estimate of drug-likeness (QED) is 0.785. The van der Waals surface area contributed by atoms with Crippen LogP contribution in [0.5, 0.6) is 0 Å². The lowest BCUT2D eigenvalue weighted by Gasteiger charge is -2.19. The summed E-state index contributed by atoms with van der Waals surface area (Å²) in [4.78, 5) is 26.0. The Balaban J connectivity index is 2.56. The summed E-state index contributed by atoms with van der Waals surface area (Å²) in [7, 11) is 0. The van der Waals surface area contributed by atoms with E-state index in [9.17, 15) is 9.59 Å². The number of carboxylic acids is 1. The molecule has 1 heterocycles. The number of nitrogens with zero attached hydrogens (tertiary/aromatic N) is 1. The van der Waals surface area contributed by atoms with E-state index in [1.54, 1.807) is 11.3 Å². The van der Waals surface area contributed by atoms with Gasteiger partial charge in [-0.15, -0.1) is 17.9 Å². The summed E-state index contributed by atoms with van der Waals surface area (Å²) in [5, 5.41) is 11.4. The Hall–Kier alpha value is -1.82. The van der Waals surface area contributed by atoms with Crippen molar-refractivity contribution in [3.8, 4) is 0 Å². The molecule has 0 aliphatic rings. The molecular weight excluding hydrogens is 264 g/mol. The van der Waals surface area contributed by atoms with E-state index in [-0.39, 0.29) is 13.1 Å². The average molecular weight is 282 g/mol. The summed E-state index contributed by atoms with van der Waals surface area (Å²) in [6.07, 6.45) is 1.50. The minimum Gasteiger partial charge on any atom is -0.480 e. The molecule has 1 rings (SSSR count). The summed E-state index contributed by atoms with van der Waals surface area (Å²) in [6, 6.07) is 1.63. The molecular formula is C13H18N2O3S. The first-order valence-electron chi connectivity index (χ1n) is 5.85. The lowest BCUT2D eigenvalue weighted by atomic mass is 10.3. The molecule has 0 radical (unpaired) electrons. The Morgan fingerprint density at radius 1 is 1.53 bits per heavy atom. The van der Waals surface area contributed by atoms with Gasteiger partial charge >= 0.3 is 12.0 Å². The Bertz CT molecular complexity index is 463. The molecule has 0 spiro atoms. The van der Waals surface area contributed by atoms with Crippen LogP contribution in [-0.4, -0.2) is 35.1 Å². The Morgan fingerprint density at radius 2 is 2.21 bits per heavy atom. The number of aliphatic carboxylic acids is 1. The fourth-order valence-corrected chi connectivity index (χ4v) is 2.54. The minimum atomic E-state index is -1.04. The molecule has 19 heavy (non-hydrogen) atoms. The van der Waals surface area contributed by atoms with Crippen molar-refractivity contribution in [2.45, 2.75) is 20.4 Å². The van der Waals surface area contributed by atoms with E-state index in [4.69, 9.17) is 5.11 Å². The number of amides is 2. The first kappa shape index (κ1) is 15.2. The number of hydrogen-bond donors (Lipinski definition) is 2. The van der Waals surface area contributed by atoms with Crippen molar-refractivity contribution in [3.05, 3.63) is 34.0 Å². The molecule has 2 amide bonds. The molecule has 1 aromatic heterocycles. The van der Waals surface area contributed by atoms with E-state index in [2.05, 4.69) is 11.9 Å². The van der Waals surface area contributed by atoms with Crippen molar-refractivity contribution in [1.29, 1.82) is 0 Å². The molecule has 1 aromatic rings. The summed E-state index contributed by atoms with van der Waals surface area (Å²) >= 11 is 1.63. The third-order valence-corrected chi connectivity index (χ3v) is 3.75. The predicted octanol–water partition coefficient (Wildman–Crippen LogP) is 2.15. The van der Waals surface area contributed by atoms with Gasteiger partial charge in [-0.3, -0.25) is 4.79 Å². The van der Waals surface area contributed by atoms with Crippen molar-refractivity contribution in [2.24, 2.45) is 0 Å². The van der Waals surface area contributed by atoms with Crippen molar-refractivity contribution in [1.82, 2.24) is 10.2 Å². The largest absolute Gasteiger partial charge is 0.480 e. The number of carbonyl (C=O) groups excluding carboxylic acids is 1.